The third kappa shape index (κ3) is 5.90. The van der Waals surface area contributed by atoms with E-state index in [9.17, 15) is 39.0 Å². The lowest BCUT2D eigenvalue weighted by molar-refractivity contribution is -0.165. The molecule has 1 fully saturated rings. The first-order valence-corrected chi connectivity index (χ1v) is 11.1. The monoisotopic (exact) mass is 511 g/mol. The molecule has 0 aliphatic carbocycles. The zero-order valence-corrected chi connectivity index (χ0v) is 19.7. The summed E-state index contributed by atoms with van der Waals surface area (Å²) < 4.78 is 0. The molecular formula is C24H25N5O8. The van der Waals surface area contributed by atoms with Gasteiger partial charge < -0.3 is 26.6 Å². The maximum Gasteiger partial charge on any atom is 0.344 e. The quantitative estimate of drug-likeness (QED) is 0.278. The highest BCUT2D eigenvalue weighted by Crippen LogP contribution is 2.26. The number of imide groups is 1. The van der Waals surface area contributed by atoms with Gasteiger partial charge in [0.05, 0.1) is 6.42 Å². The van der Waals surface area contributed by atoms with Crippen LogP contribution in [0.4, 0.5) is 4.79 Å². The Labute approximate surface area is 210 Å². The van der Waals surface area contributed by atoms with Crippen LogP contribution in [0.3, 0.4) is 0 Å². The van der Waals surface area contributed by atoms with Crippen LogP contribution >= 0.6 is 0 Å². The molecule has 3 rings (SSSR count). The number of nitrogens with one attached hydrogen (secondary N) is 2. The zero-order valence-electron chi connectivity index (χ0n) is 19.7. The van der Waals surface area contributed by atoms with Gasteiger partial charge in [-0.1, -0.05) is 54.6 Å². The van der Waals surface area contributed by atoms with Crippen molar-refractivity contribution in [2.24, 2.45) is 5.73 Å². The molecule has 1 saturated heterocycles. The molecule has 37 heavy (non-hydrogen) atoms. The van der Waals surface area contributed by atoms with Crippen LogP contribution in [0.25, 0.3) is 0 Å². The zero-order chi connectivity index (χ0) is 27.3. The molecule has 0 spiro atoms. The third-order valence-corrected chi connectivity index (χ3v) is 5.64. The molecule has 5 amide bonds. The van der Waals surface area contributed by atoms with Crippen molar-refractivity contribution in [2.75, 3.05) is 0 Å². The second-order valence-electron chi connectivity index (χ2n) is 8.15. The summed E-state index contributed by atoms with van der Waals surface area (Å²) >= 11 is 0. The predicted molar refractivity (Wildman–Crippen MR) is 126 cm³/mol. The molecule has 6 N–H and O–H groups in total. The molecule has 1 unspecified atom stereocenters. The van der Waals surface area contributed by atoms with Gasteiger partial charge in [-0.3, -0.25) is 19.2 Å². The fourth-order valence-corrected chi connectivity index (χ4v) is 3.87. The number of amides is 5. The van der Waals surface area contributed by atoms with Gasteiger partial charge >= 0.3 is 18.0 Å². The number of rotatable bonds is 10. The molecule has 194 valence electrons. The molecule has 0 bridgehead atoms. The molecular weight excluding hydrogens is 486 g/mol. The average Bonchev–Trinajstić information content (AvgIpc) is 3.15. The molecule has 13 nitrogen and oxygen atoms in total. The molecule has 1 heterocycles. The van der Waals surface area contributed by atoms with E-state index in [0.29, 0.717) is 15.6 Å². The first kappa shape index (κ1) is 26.8. The number of nitrogens with zero attached hydrogens (tertiary/aromatic N) is 2. The Kier molecular flexibility index (Phi) is 8.19. The summed E-state index contributed by atoms with van der Waals surface area (Å²) in [5.41, 5.74) is 6.90. The fraction of sp³-hybridized carbons (Fsp3) is 0.250. The number of benzene rings is 2. The summed E-state index contributed by atoms with van der Waals surface area (Å²) in [6, 6.07) is 8.22. The van der Waals surface area contributed by atoms with E-state index in [4.69, 9.17) is 5.73 Å². The summed E-state index contributed by atoms with van der Waals surface area (Å²) in [5, 5.41) is 24.5. The van der Waals surface area contributed by atoms with Gasteiger partial charge in [0.1, 0.15) is 12.1 Å². The van der Waals surface area contributed by atoms with Crippen molar-refractivity contribution in [3.05, 3.63) is 71.3 Å². The Morgan fingerprint density at radius 3 is 2.19 bits per heavy atom. The van der Waals surface area contributed by atoms with Gasteiger partial charge in [0.2, 0.25) is 11.8 Å². The number of urea groups is 1. The van der Waals surface area contributed by atoms with Gasteiger partial charge in [-0.15, -0.1) is 0 Å². The van der Waals surface area contributed by atoms with Crippen molar-refractivity contribution in [3.63, 3.8) is 0 Å². The van der Waals surface area contributed by atoms with Crippen LogP contribution in [0.2, 0.25) is 0 Å². The van der Waals surface area contributed by atoms with Crippen molar-refractivity contribution < 1.29 is 39.0 Å². The van der Waals surface area contributed by atoms with E-state index in [1.54, 1.807) is 42.5 Å². The van der Waals surface area contributed by atoms with Crippen molar-refractivity contribution in [3.8, 4) is 0 Å². The van der Waals surface area contributed by atoms with Gasteiger partial charge in [0.25, 0.3) is 5.91 Å². The fourth-order valence-electron chi connectivity index (χ4n) is 3.87. The van der Waals surface area contributed by atoms with Crippen molar-refractivity contribution in [2.45, 2.75) is 38.0 Å². The molecule has 2 aromatic rings. The first-order valence-electron chi connectivity index (χ1n) is 11.1. The highest BCUT2D eigenvalue weighted by molar-refractivity contribution is 6.06. The minimum atomic E-state index is -1.92. The van der Waals surface area contributed by atoms with Crippen LogP contribution < -0.4 is 16.4 Å². The standard InChI is InChI=1S/C24H25N5O8/c1-13(30)28(29-22(34)19(27-24(29)37)16-9-7-14(12-25)8-10-16)17(11-18(31)32)21(33)26-20(23(35)36)15-5-3-2-4-6-15/h2-10,17,19-20H,11-12,25H2,1H3,(H,26,33)(H,27,37)(H,31,32)(H,35,36)/t17-,19?,20-/m0/s1. The molecule has 3 atom stereocenters. The Morgan fingerprint density at radius 2 is 1.68 bits per heavy atom. The average molecular weight is 511 g/mol. The lowest BCUT2D eigenvalue weighted by Crippen LogP contribution is -2.59. The van der Waals surface area contributed by atoms with Crippen molar-refractivity contribution in [1.29, 1.82) is 0 Å². The summed E-state index contributed by atoms with van der Waals surface area (Å²) in [6.45, 7) is 1.19. The lowest BCUT2D eigenvalue weighted by Gasteiger charge is -2.34. The molecule has 0 saturated carbocycles. The molecule has 13 heteroatoms. The van der Waals surface area contributed by atoms with E-state index in [1.807, 2.05) is 0 Å². The number of aliphatic carboxylic acids is 2. The number of carboxylic acid groups (broad SMARTS) is 2. The van der Waals surface area contributed by atoms with Gasteiger partial charge in [-0.2, -0.15) is 5.01 Å². The largest absolute Gasteiger partial charge is 0.481 e. The Hall–Kier alpha value is -4.78. The van der Waals surface area contributed by atoms with Gasteiger partial charge in [0.15, 0.2) is 6.04 Å². The number of carboxylic acids is 2. The molecule has 0 aromatic heterocycles. The van der Waals surface area contributed by atoms with Crippen molar-refractivity contribution in [1.82, 2.24) is 20.7 Å². The summed E-state index contributed by atoms with van der Waals surface area (Å²) in [6.07, 6.45) is -1.01. The molecule has 2 aromatic carbocycles. The minimum Gasteiger partial charge on any atom is -0.481 e. The van der Waals surface area contributed by atoms with E-state index in [2.05, 4.69) is 10.6 Å². The van der Waals surface area contributed by atoms with Gasteiger partial charge in [-0.25, -0.2) is 14.6 Å². The Morgan fingerprint density at radius 1 is 1.05 bits per heavy atom. The van der Waals surface area contributed by atoms with E-state index >= 15 is 0 Å². The van der Waals surface area contributed by atoms with E-state index in [-0.39, 0.29) is 12.1 Å². The number of nitrogens with two attached hydrogens (primary N) is 1. The van der Waals surface area contributed by atoms with Crippen LogP contribution in [-0.4, -0.2) is 62.0 Å². The first-order chi connectivity index (χ1) is 17.5. The van der Waals surface area contributed by atoms with E-state index in [1.165, 1.54) is 12.1 Å². The smallest absolute Gasteiger partial charge is 0.344 e. The van der Waals surface area contributed by atoms with E-state index in [0.717, 1.165) is 12.5 Å². The van der Waals surface area contributed by atoms with E-state index < -0.39 is 60.2 Å². The summed E-state index contributed by atoms with van der Waals surface area (Å²) in [4.78, 5) is 75.3. The number of carbonyl (C=O) groups excluding carboxylic acids is 4. The van der Waals surface area contributed by atoms with Crippen LogP contribution in [0.15, 0.2) is 54.6 Å². The topological polar surface area (TPSA) is 199 Å². The molecule has 1 aliphatic heterocycles. The molecule has 1 aliphatic rings. The lowest BCUT2D eigenvalue weighted by atomic mass is 10.0. The number of hydrogen-bond acceptors (Lipinski definition) is 7. The van der Waals surface area contributed by atoms with Crippen LogP contribution in [-0.2, 0) is 30.5 Å². The minimum absolute atomic E-state index is 0.183. The SMILES string of the molecule is CC(=O)N([C@@H](CC(=O)O)C(=O)N[C@H](C(=O)O)c1ccccc1)N1C(=O)NC(c2ccc(CN)cc2)C1=O. The maximum absolute atomic E-state index is 13.2. The summed E-state index contributed by atoms with van der Waals surface area (Å²) in [5.74, 6) is -6.08. The van der Waals surface area contributed by atoms with Crippen LogP contribution in [0, 0.1) is 0 Å². The van der Waals surface area contributed by atoms with Gasteiger partial charge in [-0.05, 0) is 16.7 Å². The second-order valence-corrected chi connectivity index (χ2v) is 8.15. The van der Waals surface area contributed by atoms with Crippen LogP contribution in [0.5, 0.6) is 0 Å². The third-order valence-electron chi connectivity index (χ3n) is 5.64. The predicted octanol–water partition coefficient (Wildman–Crippen LogP) is 0.287. The van der Waals surface area contributed by atoms with Crippen molar-refractivity contribution >= 4 is 35.7 Å². The van der Waals surface area contributed by atoms with Crippen LogP contribution in [0.1, 0.15) is 42.1 Å². The Bertz CT molecular complexity index is 1220. The highest BCUT2D eigenvalue weighted by Gasteiger charge is 2.48. The normalized spacial score (nSPS) is 16.5. The highest BCUT2D eigenvalue weighted by atomic mass is 16.4. The number of carbonyl (C=O) groups is 6. The molecule has 0 radical (unpaired) electrons. The van der Waals surface area contributed by atoms with Gasteiger partial charge in [0, 0.05) is 13.5 Å². The number of hydrazine groups is 1. The second kappa shape index (κ2) is 11.3. The maximum atomic E-state index is 13.2. The number of hydrogen-bond donors (Lipinski definition) is 5. The Balaban J connectivity index is 1.94. The summed E-state index contributed by atoms with van der Waals surface area (Å²) in [7, 11) is 0.